The van der Waals surface area contributed by atoms with Crippen molar-refractivity contribution in [2.75, 3.05) is 0 Å². The molecule has 0 saturated carbocycles. The zero-order valence-electron chi connectivity index (χ0n) is 15.9. The Labute approximate surface area is 172 Å². The van der Waals surface area contributed by atoms with Gasteiger partial charge in [-0.3, -0.25) is 9.59 Å². The van der Waals surface area contributed by atoms with Crippen molar-refractivity contribution in [3.8, 4) is 22.4 Å². The van der Waals surface area contributed by atoms with E-state index in [1.165, 1.54) is 0 Å². The van der Waals surface area contributed by atoms with Gasteiger partial charge in [-0.15, -0.1) is 0 Å². The molecule has 2 N–H and O–H groups in total. The quantitative estimate of drug-likeness (QED) is 0.405. The van der Waals surface area contributed by atoms with Gasteiger partial charge in [0.25, 0.3) is 0 Å². The minimum atomic E-state index is -0.150. The van der Waals surface area contributed by atoms with E-state index >= 15 is 0 Å². The van der Waals surface area contributed by atoms with Gasteiger partial charge in [0.2, 0.25) is 5.78 Å². The Morgan fingerprint density at radius 3 is 2.03 bits per heavy atom. The second-order valence-corrected chi connectivity index (χ2v) is 7.44. The third kappa shape index (κ3) is 2.22. The molecule has 142 valence electrons. The highest BCUT2D eigenvalue weighted by molar-refractivity contribution is 6.31. The van der Waals surface area contributed by atoms with Crippen LogP contribution in [0.1, 0.15) is 32.0 Å². The van der Waals surface area contributed by atoms with Crippen LogP contribution in [0.15, 0.2) is 85.1 Å². The van der Waals surface area contributed by atoms with Crippen molar-refractivity contribution in [3.63, 3.8) is 0 Å². The van der Waals surface area contributed by atoms with Crippen molar-refractivity contribution in [2.24, 2.45) is 0 Å². The minimum Gasteiger partial charge on any atom is -0.361 e. The van der Waals surface area contributed by atoms with Crippen LogP contribution in [-0.4, -0.2) is 21.5 Å². The molecule has 0 unspecified atom stereocenters. The van der Waals surface area contributed by atoms with Crippen LogP contribution in [0.2, 0.25) is 0 Å². The lowest BCUT2D eigenvalue weighted by Gasteiger charge is -2.15. The third-order valence-electron chi connectivity index (χ3n) is 5.79. The standard InChI is InChI=1S/C26H16N2O2/c29-25-17-11-4-5-12-18(17)26(30)24-22(25)21(23(28-24)15-8-2-1-3-9-15)19-14-27-20-13-7-6-10-16(19)20/h1-14,27-28H. The number of fused-ring (bicyclic) bond motifs is 3. The number of aromatic nitrogens is 2. The molecule has 0 atom stereocenters. The fourth-order valence-corrected chi connectivity index (χ4v) is 4.41. The summed E-state index contributed by atoms with van der Waals surface area (Å²) in [6, 6.07) is 24.8. The number of aromatic amines is 2. The summed E-state index contributed by atoms with van der Waals surface area (Å²) >= 11 is 0. The number of H-pyrrole nitrogens is 2. The number of carbonyl (C=O) groups is 2. The first kappa shape index (κ1) is 16.7. The molecule has 0 radical (unpaired) electrons. The summed E-state index contributed by atoms with van der Waals surface area (Å²) in [5.74, 6) is -0.276. The molecule has 0 bridgehead atoms. The molecule has 2 aromatic heterocycles. The average Bonchev–Trinajstić information content (AvgIpc) is 3.40. The molecule has 4 nitrogen and oxygen atoms in total. The van der Waals surface area contributed by atoms with Gasteiger partial charge in [-0.25, -0.2) is 0 Å². The molecule has 0 saturated heterocycles. The number of benzene rings is 3. The first-order chi connectivity index (χ1) is 14.7. The fourth-order valence-electron chi connectivity index (χ4n) is 4.41. The molecule has 0 amide bonds. The summed E-state index contributed by atoms with van der Waals surface area (Å²) in [7, 11) is 0. The van der Waals surface area contributed by atoms with Gasteiger partial charge in [-0.05, 0) is 11.6 Å². The van der Waals surface area contributed by atoms with Crippen molar-refractivity contribution in [1.29, 1.82) is 0 Å². The Balaban J connectivity index is 1.73. The van der Waals surface area contributed by atoms with Crippen molar-refractivity contribution in [3.05, 3.63) is 107 Å². The van der Waals surface area contributed by atoms with Crippen LogP contribution in [-0.2, 0) is 0 Å². The molecule has 0 fully saturated rings. The average molecular weight is 388 g/mol. The van der Waals surface area contributed by atoms with E-state index in [0.29, 0.717) is 22.4 Å². The number of nitrogens with one attached hydrogen (secondary N) is 2. The van der Waals surface area contributed by atoms with Crippen LogP contribution < -0.4 is 0 Å². The predicted molar refractivity (Wildman–Crippen MR) is 117 cm³/mol. The van der Waals surface area contributed by atoms with Gasteiger partial charge >= 0.3 is 0 Å². The topological polar surface area (TPSA) is 65.7 Å². The summed E-state index contributed by atoms with van der Waals surface area (Å²) in [6.45, 7) is 0. The number of rotatable bonds is 2. The third-order valence-corrected chi connectivity index (χ3v) is 5.79. The molecule has 3 aromatic carbocycles. The normalized spacial score (nSPS) is 12.8. The Kier molecular flexibility index (Phi) is 3.44. The lowest BCUT2D eigenvalue weighted by Crippen LogP contribution is -2.20. The monoisotopic (exact) mass is 388 g/mol. The summed E-state index contributed by atoms with van der Waals surface area (Å²) in [4.78, 5) is 33.5. The van der Waals surface area contributed by atoms with Gasteiger partial charge in [0.1, 0.15) is 0 Å². The Morgan fingerprint density at radius 2 is 1.23 bits per heavy atom. The highest BCUT2D eigenvalue weighted by Crippen LogP contribution is 2.43. The molecule has 1 aliphatic rings. The fraction of sp³-hybridized carbons (Fsp3) is 0. The summed E-state index contributed by atoms with van der Waals surface area (Å²) < 4.78 is 0. The Hall–Kier alpha value is -4.18. The second kappa shape index (κ2) is 6.16. The van der Waals surface area contributed by atoms with Gasteiger partial charge < -0.3 is 9.97 Å². The molecule has 0 aliphatic heterocycles. The van der Waals surface area contributed by atoms with E-state index in [-0.39, 0.29) is 11.6 Å². The number of ketones is 2. The molecule has 1 aliphatic carbocycles. The van der Waals surface area contributed by atoms with Gasteiger partial charge in [0.15, 0.2) is 5.78 Å². The zero-order valence-corrected chi connectivity index (χ0v) is 15.9. The SMILES string of the molecule is O=C1c2ccccc2C(=O)c2c1[nH]c(-c1ccccc1)c2-c1c[nH]c2ccccc12. The minimum absolute atomic E-state index is 0.126. The van der Waals surface area contributed by atoms with E-state index in [4.69, 9.17) is 0 Å². The van der Waals surface area contributed by atoms with E-state index in [2.05, 4.69) is 9.97 Å². The molecule has 0 spiro atoms. The van der Waals surface area contributed by atoms with E-state index in [1.807, 2.05) is 60.8 Å². The maximum absolute atomic E-state index is 13.6. The Bertz CT molecular complexity index is 1470. The van der Waals surface area contributed by atoms with Crippen LogP contribution in [0, 0.1) is 0 Å². The molecule has 4 heteroatoms. The van der Waals surface area contributed by atoms with Crippen LogP contribution in [0.25, 0.3) is 33.3 Å². The smallest absolute Gasteiger partial charge is 0.210 e. The number of hydrogen-bond acceptors (Lipinski definition) is 2. The van der Waals surface area contributed by atoms with Crippen molar-refractivity contribution in [1.82, 2.24) is 9.97 Å². The number of hydrogen-bond donors (Lipinski definition) is 2. The number of carbonyl (C=O) groups excluding carboxylic acids is 2. The maximum Gasteiger partial charge on any atom is 0.210 e. The lowest BCUT2D eigenvalue weighted by molar-refractivity contribution is 0.0977. The highest BCUT2D eigenvalue weighted by Gasteiger charge is 2.36. The molecule has 5 aromatic rings. The van der Waals surface area contributed by atoms with Crippen molar-refractivity contribution in [2.45, 2.75) is 0 Å². The second-order valence-electron chi connectivity index (χ2n) is 7.44. The lowest BCUT2D eigenvalue weighted by atomic mass is 9.84. The van der Waals surface area contributed by atoms with Gasteiger partial charge in [-0.1, -0.05) is 72.8 Å². The van der Waals surface area contributed by atoms with Crippen molar-refractivity contribution < 1.29 is 9.59 Å². The Morgan fingerprint density at radius 1 is 0.567 bits per heavy atom. The molecular weight excluding hydrogens is 372 g/mol. The van der Waals surface area contributed by atoms with E-state index in [1.54, 1.807) is 24.3 Å². The van der Waals surface area contributed by atoms with E-state index < -0.39 is 0 Å². The highest BCUT2D eigenvalue weighted by atomic mass is 16.1. The largest absolute Gasteiger partial charge is 0.361 e. The van der Waals surface area contributed by atoms with Crippen LogP contribution in [0.4, 0.5) is 0 Å². The van der Waals surface area contributed by atoms with Crippen LogP contribution in [0.5, 0.6) is 0 Å². The zero-order chi connectivity index (χ0) is 20.2. The molecule has 30 heavy (non-hydrogen) atoms. The van der Waals surface area contributed by atoms with Gasteiger partial charge in [0, 0.05) is 39.4 Å². The predicted octanol–water partition coefficient (Wildman–Crippen LogP) is 5.61. The summed E-state index contributed by atoms with van der Waals surface area (Å²) in [6.07, 6.45) is 1.92. The first-order valence-corrected chi connectivity index (χ1v) is 9.80. The summed E-state index contributed by atoms with van der Waals surface area (Å²) in [5, 5.41) is 1.01. The molecule has 6 rings (SSSR count). The van der Waals surface area contributed by atoms with E-state index in [9.17, 15) is 9.59 Å². The van der Waals surface area contributed by atoms with Gasteiger partial charge in [0.05, 0.1) is 17.0 Å². The first-order valence-electron chi connectivity index (χ1n) is 9.80. The van der Waals surface area contributed by atoms with Crippen LogP contribution >= 0.6 is 0 Å². The van der Waals surface area contributed by atoms with Crippen LogP contribution in [0.3, 0.4) is 0 Å². The number of para-hydroxylation sites is 1. The van der Waals surface area contributed by atoms with Crippen molar-refractivity contribution >= 4 is 22.5 Å². The van der Waals surface area contributed by atoms with E-state index in [0.717, 1.165) is 33.3 Å². The molecular formula is C26H16N2O2. The summed E-state index contributed by atoms with van der Waals surface area (Å²) in [5.41, 5.74) is 6.06. The molecule has 2 heterocycles. The van der Waals surface area contributed by atoms with Gasteiger partial charge in [-0.2, -0.15) is 0 Å². The maximum atomic E-state index is 13.6.